The third-order valence-corrected chi connectivity index (χ3v) is 1.58. The van der Waals surface area contributed by atoms with Gasteiger partial charge in [-0.15, -0.1) is 0 Å². The number of allylic oxidation sites excluding steroid dienone is 2. The molecule has 3 heteroatoms. The van der Waals surface area contributed by atoms with Gasteiger partial charge >= 0.3 is 0 Å². The van der Waals surface area contributed by atoms with Crippen molar-refractivity contribution in [2.24, 2.45) is 4.99 Å². The second-order valence-electron chi connectivity index (χ2n) is 2.49. The Kier molecular flexibility index (Phi) is 4.16. The van der Waals surface area contributed by atoms with Crippen LogP contribution in [0.2, 0.25) is 0 Å². The molecule has 0 radical (unpaired) electrons. The van der Waals surface area contributed by atoms with Gasteiger partial charge in [0.25, 0.3) is 0 Å². The molecule has 1 saturated heterocycles. The largest absolute Gasteiger partial charge is 0.378 e. The molecule has 0 aliphatic carbocycles. The molecular formula is C9H14N2O. The van der Waals surface area contributed by atoms with E-state index in [2.05, 4.69) is 16.5 Å². The van der Waals surface area contributed by atoms with Crippen LogP contribution in [0.4, 0.5) is 0 Å². The SMILES string of the molecule is C=C/C=C\N=CN1CCOCC1. The molecule has 1 rings (SSSR count). The maximum absolute atomic E-state index is 5.19. The molecule has 0 bridgehead atoms. The summed E-state index contributed by atoms with van der Waals surface area (Å²) in [5.74, 6) is 0. The Morgan fingerprint density at radius 3 is 2.75 bits per heavy atom. The zero-order chi connectivity index (χ0) is 8.65. The van der Waals surface area contributed by atoms with Gasteiger partial charge in [-0.05, 0) is 6.08 Å². The van der Waals surface area contributed by atoms with Gasteiger partial charge in [0.05, 0.1) is 19.6 Å². The van der Waals surface area contributed by atoms with E-state index in [-0.39, 0.29) is 0 Å². The van der Waals surface area contributed by atoms with Gasteiger partial charge in [0, 0.05) is 19.3 Å². The van der Waals surface area contributed by atoms with Crippen LogP contribution in [0.1, 0.15) is 0 Å². The number of rotatable bonds is 3. The Labute approximate surface area is 73.0 Å². The predicted octanol–water partition coefficient (Wildman–Crippen LogP) is 1.05. The Bertz CT molecular complexity index is 181. The number of morpholine rings is 1. The molecule has 0 amide bonds. The van der Waals surface area contributed by atoms with E-state index < -0.39 is 0 Å². The number of hydrogen-bond acceptors (Lipinski definition) is 2. The Balaban J connectivity index is 2.23. The maximum Gasteiger partial charge on any atom is 0.0906 e. The number of ether oxygens (including phenoxy) is 1. The van der Waals surface area contributed by atoms with E-state index in [9.17, 15) is 0 Å². The standard InChI is InChI=1S/C9H14N2O/c1-2-3-4-10-9-11-5-7-12-8-6-11/h2-4,9H,1,5-8H2/b4-3-,10-9?. The Morgan fingerprint density at radius 1 is 1.33 bits per heavy atom. The van der Waals surface area contributed by atoms with Crippen LogP contribution in [0.3, 0.4) is 0 Å². The second kappa shape index (κ2) is 5.55. The zero-order valence-electron chi connectivity index (χ0n) is 7.15. The van der Waals surface area contributed by atoms with E-state index in [1.807, 2.05) is 6.34 Å². The van der Waals surface area contributed by atoms with E-state index in [1.54, 1.807) is 18.4 Å². The molecule has 0 spiro atoms. The molecule has 0 saturated carbocycles. The van der Waals surface area contributed by atoms with Crippen molar-refractivity contribution in [3.05, 3.63) is 24.9 Å². The molecule has 0 unspecified atom stereocenters. The molecular weight excluding hydrogens is 152 g/mol. The van der Waals surface area contributed by atoms with Crippen LogP contribution in [0.15, 0.2) is 29.9 Å². The summed E-state index contributed by atoms with van der Waals surface area (Å²) in [6.07, 6.45) is 7.07. The molecule has 0 aromatic heterocycles. The fourth-order valence-corrected chi connectivity index (χ4v) is 0.936. The van der Waals surface area contributed by atoms with Crippen LogP contribution in [0.25, 0.3) is 0 Å². The van der Waals surface area contributed by atoms with Crippen molar-refractivity contribution >= 4 is 6.34 Å². The Hall–Kier alpha value is -1.09. The first-order valence-corrected chi connectivity index (χ1v) is 4.06. The number of aliphatic imine (C=N–C) groups is 1. The molecule has 12 heavy (non-hydrogen) atoms. The van der Waals surface area contributed by atoms with Gasteiger partial charge in [0.15, 0.2) is 0 Å². The van der Waals surface area contributed by atoms with Gasteiger partial charge in [-0.2, -0.15) is 0 Å². The monoisotopic (exact) mass is 166 g/mol. The lowest BCUT2D eigenvalue weighted by molar-refractivity contribution is 0.0701. The normalized spacial score (nSPS) is 19.2. The molecule has 1 aliphatic heterocycles. The maximum atomic E-state index is 5.19. The lowest BCUT2D eigenvalue weighted by atomic mass is 10.5. The highest BCUT2D eigenvalue weighted by atomic mass is 16.5. The third-order valence-electron chi connectivity index (χ3n) is 1.58. The van der Waals surface area contributed by atoms with Crippen molar-refractivity contribution in [1.82, 2.24) is 4.90 Å². The fraction of sp³-hybridized carbons (Fsp3) is 0.444. The molecule has 0 atom stereocenters. The highest BCUT2D eigenvalue weighted by Crippen LogP contribution is 1.92. The summed E-state index contributed by atoms with van der Waals surface area (Å²) in [6.45, 7) is 7.03. The summed E-state index contributed by atoms with van der Waals surface area (Å²) >= 11 is 0. The van der Waals surface area contributed by atoms with Crippen LogP contribution in [-0.2, 0) is 4.74 Å². The second-order valence-corrected chi connectivity index (χ2v) is 2.49. The fourth-order valence-electron chi connectivity index (χ4n) is 0.936. The van der Waals surface area contributed by atoms with Crippen molar-refractivity contribution in [2.45, 2.75) is 0 Å². The summed E-state index contributed by atoms with van der Waals surface area (Å²) in [5.41, 5.74) is 0. The molecule has 1 heterocycles. The van der Waals surface area contributed by atoms with Crippen LogP contribution in [0.5, 0.6) is 0 Å². The van der Waals surface area contributed by atoms with Crippen LogP contribution >= 0.6 is 0 Å². The smallest absolute Gasteiger partial charge is 0.0906 e. The lowest BCUT2D eigenvalue weighted by Crippen LogP contribution is -2.34. The van der Waals surface area contributed by atoms with Crippen molar-refractivity contribution in [1.29, 1.82) is 0 Å². The third kappa shape index (κ3) is 3.34. The van der Waals surface area contributed by atoms with Gasteiger partial charge in [-0.25, -0.2) is 4.99 Å². The highest BCUT2D eigenvalue weighted by molar-refractivity contribution is 5.55. The van der Waals surface area contributed by atoms with Crippen molar-refractivity contribution in [3.8, 4) is 0 Å². The predicted molar refractivity (Wildman–Crippen MR) is 50.2 cm³/mol. The first-order chi connectivity index (χ1) is 5.93. The number of nitrogens with zero attached hydrogens (tertiary/aromatic N) is 2. The summed E-state index contributed by atoms with van der Waals surface area (Å²) in [4.78, 5) is 6.21. The Morgan fingerprint density at radius 2 is 2.08 bits per heavy atom. The molecule has 0 N–H and O–H groups in total. The molecule has 0 aromatic rings. The first kappa shape index (κ1) is 9.00. The van der Waals surface area contributed by atoms with Gasteiger partial charge in [-0.1, -0.05) is 12.7 Å². The molecule has 1 aliphatic rings. The summed E-state index contributed by atoms with van der Waals surface area (Å²) in [7, 11) is 0. The van der Waals surface area contributed by atoms with E-state index in [0.717, 1.165) is 26.3 Å². The van der Waals surface area contributed by atoms with Gasteiger partial charge in [-0.3, -0.25) is 0 Å². The van der Waals surface area contributed by atoms with Crippen molar-refractivity contribution in [3.63, 3.8) is 0 Å². The summed E-state index contributed by atoms with van der Waals surface area (Å²) in [6, 6.07) is 0. The minimum Gasteiger partial charge on any atom is -0.378 e. The molecule has 66 valence electrons. The van der Waals surface area contributed by atoms with Gasteiger partial charge < -0.3 is 9.64 Å². The average molecular weight is 166 g/mol. The summed E-state index contributed by atoms with van der Waals surface area (Å²) in [5, 5.41) is 0. The van der Waals surface area contributed by atoms with Crippen molar-refractivity contribution < 1.29 is 4.74 Å². The zero-order valence-corrected chi connectivity index (χ0v) is 7.15. The van der Waals surface area contributed by atoms with Gasteiger partial charge in [0.2, 0.25) is 0 Å². The van der Waals surface area contributed by atoms with Gasteiger partial charge in [0.1, 0.15) is 0 Å². The van der Waals surface area contributed by atoms with Crippen LogP contribution < -0.4 is 0 Å². The molecule has 1 fully saturated rings. The van der Waals surface area contributed by atoms with E-state index >= 15 is 0 Å². The average Bonchev–Trinajstić information content (AvgIpc) is 2.14. The van der Waals surface area contributed by atoms with E-state index in [4.69, 9.17) is 4.74 Å². The molecule has 0 aromatic carbocycles. The van der Waals surface area contributed by atoms with Crippen molar-refractivity contribution in [2.75, 3.05) is 26.3 Å². The minimum atomic E-state index is 0.803. The lowest BCUT2D eigenvalue weighted by Gasteiger charge is -2.23. The highest BCUT2D eigenvalue weighted by Gasteiger charge is 2.04. The van der Waals surface area contributed by atoms with E-state index in [1.165, 1.54) is 0 Å². The minimum absolute atomic E-state index is 0.803. The van der Waals surface area contributed by atoms with Crippen LogP contribution in [0, 0.1) is 0 Å². The number of hydrogen-bond donors (Lipinski definition) is 0. The quantitative estimate of drug-likeness (QED) is 0.355. The van der Waals surface area contributed by atoms with E-state index in [0.29, 0.717) is 0 Å². The topological polar surface area (TPSA) is 24.8 Å². The first-order valence-electron chi connectivity index (χ1n) is 4.06. The van der Waals surface area contributed by atoms with Crippen LogP contribution in [-0.4, -0.2) is 37.5 Å². The summed E-state index contributed by atoms with van der Waals surface area (Å²) < 4.78 is 5.19. The molecule has 3 nitrogen and oxygen atoms in total.